The van der Waals surface area contributed by atoms with Gasteiger partial charge in [0.05, 0.1) is 5.69 Å². The van der Waals surface area contributed by atoms with Gasteiger partial charge in [0, 0.05) is 0 Å². The monoisotopic (exact) mass is 381 g/mol. The molecule has 0 aromatic heterocycles. The molecule has 0 aliphatic carbocycles. The number of amides is 4. The van der Waals surface area contributed by atoms with E-state index in [0.29, 0.717) is 12.8 Å². The Morgan fingerprint density at radius 2 is 1.89 bits per heavy atom. The van der Waals surface area contributed by atoms with Crippen LogP contribution in [0.4, 0.5) is 10.5 Å². The highest BCUT2D eigenvalue weighted by atomic mass is 16.3. The van der Waals surface area contributed by atoms with Gasteiger partial charge in [-0.15, -0.1) is 0 Å². The van der Waals surface area contributed by atoms with Gasteiger partial charge in [-0.05, 0) is 49.9 Å². The van der Waals surface area contributed by atoms with Gasteiger partial charge < -0.3 is 15.7 Å². The van der Waals surface area contributed by atoms with Gasteiger partial charge in [0.2, 0.25) is 5.91 Å². The molecule has 7 heteroatoms. The molecule has 4 amide bonds. The first kappa shape index (κ1) is 19.4. The fraction of sp³-hybridized carbons (Fsp3) is 0.286. The SMILES string of the molecule is Cc1ccc(NC(=O)CN2C(=O)NC(C)(CCc3ccccc3)C2=O)c(O)c1. The Morgan fingerprint density at radius 3 is 2.57 bits per heavy atom. The number of imide groups is 1. The van der Waals surface area contributed by atoms with Crippen molar-refractivity contribution >= 4 is 23.5 Å². The van der Waals surface area contributed by atoms with E-state index < -0.39 is 29.9 Å². The minimum absolute atomic E-state index is 0.0711. The van der Waals surface area contributed by atoms with Crippen molar-refractivity contribution in [2.24, 2.45) is 0 Å². The standard InChI is InChI=1S/C21H23N3O4/c1-14-8-9-16(17(25)12-14)22-18(26)13-24-19(27)21(2,23-20(24)28)11-10-15-6-4-3-5-7-15/h3-9,12,25H,10-11,13H2,1-2H3,(H,22,26)(H,23,28). The molecule has 146 valence electrons. The Balaban J connectivity index is 1.63. The summed E-state index contributed by atoms with van der Waals surface area (Å²) >= 11 is 0. The van der Waals surface area contributed by atoms with Gasteiger partial charge in [0.25, 0.3) is 5.91 Å². The van der Waals surface area contributed by atoms with Crippen molar-refractivity contribution in [3.63, 3.8) is 0 Å². The summed E-state index contributed by atoms with van der Waals surface area (Å²) < 4.78 is 0. The molecule has 3 N–H and O–H groups in total. The number of urea groups is 1. The molecule has 0 spiro atoms. The summed E-state index contributed by atoms with van der Waals surface area (Å²) in [5.41, 5.74) is 1.09. The summed E-state index contributed by atoms with van der Waals surface area (Å²) in [6.07, 6.45) is 1.05. The lowest BCUT2D eigenvalue weighted by Gasteiger charge is -2.21. The molecule has 2 aromatic carbocycles. The topological polar surface area (TPSA) is 98.7 Å². The van der Waals surface area contributed by atoms with Gasteiger partial charge in [-0.3, -0.25) is 14.5 Å². The number of nitrogens with one attached hydrogen (secondary N) is 2. The number of aryl methyl sites for hydroxylation is 2. The molecule has 1 unspecified atom stereocenters. The average Bonchev–Trinajstić information content (AvgIpc) is 2.87. The number of carbonyl (C=O) groups excluding carboxylic acids is 3. The number of rotatable bonds is 6. The Labute approximate surface area is 163 Å². The molecule has 28 heavy (non-hydrogen) atoms. The summed E-state index contributed by atoms with van der Waals surface area (Å²) in [5, 5.41) is 15.1. The van der Waals surface area contributed by atoms with E-state index in [1.807, 2.05) is 37.3 Å². The van der Waals surface area contributed by atoms with Crippen LogP contribution in [0, 0.1) is 6.92 Å². The minimum Gasteiger partial charge on any atom is -0.506 e. The number of phenolic OH excluding ortho intramolecular Hbond substituents is 1. The number of aromatic hydroxyl groups is 1. The molecule has 2 aromatic rings. The average molecular weight is 381 g/mol. The third kappa shape index (κ3) is 4.14. The fourth-order valence-electron chi connectivity index (χ4n) is 3.18. The zero-order valence-electron chi connectivity index (χ0n) is 15.9. The number of hydrogen-bond donors (Lipinski definition) is 3. The molecule has 0 saturated carbocycles. The van der Waals surface area contributed by atoms with Gasteiger partial charge in [0.1, 0.15) is 17.8 Å². The van der Waals surface area contributed by atoms with Crippen molar-refractivity contribution in [2.75, 3.05) is 11.9 Å². The first-order chi connectivity index (χ1) is 13.3. The molecule has 1 atom stereocenters. The Hall–Kier alpha value is -3.35. The van der Waals surface area contributed by atoms with Crippen LogP contribution < -0.4 is 10.6 Å². The van der Waals surface area contributed by atoms with Crippen LogP contribution in [0.3, 0.4) is 0 Å². The van der Waals surface area contributed by atoms with E-state index in [1.165, 1.54) is 6.07 Å². The van der Waals surface area contributed by atoms with E-state index >= 15 is 0 Å². The van der Waals surface area contributed by atoms with Crippen molar-refractivity contribution in [1.82, 2.24) is 10.2 Å². The normalized spacial score (nSPS) is 18.9. The molecule has 7 nitrogen and oxygen atoms in total. The van der Waals surface area contributed by atoms with Gasteiger partial charge in [0.15, 0.2) is 0 Å². The number of benzene rings is 2. The smallest absolute Gasteiger partial charge is 0.325 e. The lowest BCUT2D eigenvalue weighted by molar-refractivity contribution is -0.133. The van der Waals surface area contributed by atoms with Crippen molar-refractivity contribution in [2.45, 2.75) is 32.2 Å². The van der Waals surface area contributed by atoms with Gasteiger partial charge >= 0.3 is 6.03 Å². The number of anilines is 1. The van der Waals surface area contributed by atoms with Crippen LogP contribution in [-0.4, -0.2) is 39.9 Å². The number of nitrogens with zero attached hydrogens (tertiary/aromatic N) is 1. The number of phenols is 1. The summed E-state index contributed by atoms with van der Waals surface area (Å²) in [4.78, 5) is 38.2. The van der Waals surface area contributed by atoms with E-state index in [9.17, 15) is 19.5 Å². The van der Waals surface area contributed by atoms with Crippen LogP contribution in [0.25, 0.3) is 0 Å². The Kier molecular flexibility index (Phi) is 5.35. The lowest BCUT2D eigenvalue weighted by Crippen LogP contribution is -2.45. The third-order valence-corrected chi connectivity index (χ3v) is 4.83. The lowest BCUT2D eigenvalue weighted by atomic mass is 9.93. The zero-order valence-corrected chi connectivity index (χ0v) is 15.9. The van der Waals surface area contributed by atoms with Crippen molar-refractivity contribution < 1.29 is 19.5 Å². The summed E-state index contributed by atoms with van der Waals surface area (Å²) in [6, 6.07) is 13.9. The van der Waals surface area contributed by atoms with Crippen LogP contribution in [0.2, 0.25) is 0 Å². The molecular formula is C21H23N3O4. The molecular weight excluding hydrogens is 358 g/mol. The van der Waals surface area contributed by atoms with Gasteiger partial charge in [-0.25, -0.2) is 4.79 Å². The van der Waals surface area contributed by atoms with Crippen molar-refractivity contribution in [1.29, 1.82) is 0 Å². The molecule has 1 aliphatic rings. The van der Waals surface area contributed by atoms with E-state index in [1.54, 1.807) is 19.1 Å². The van der Waals surface area contributed by atoms with Crippen LogP contribution >= 0.6 is 0 Å². The molecule has 0 radical (unpaired) electrons. The second-order valence-electron chi connectivity index (χ2n) is 7.21. The highest BCUT2D eigenvalue weighted by Gasteiger charge is 2.47. The van der Waals surface area contributed by atoms with E-state index in [4.69, 9.17) is 0 Å². The van der Waals surface area contributed by atoms with Gasteiger partial charge in [-0.2, -0.15) is 0 Å². The highest BCUT2D eigenvalue weighted by Crippen LogP contribution is 2.25. The number of hydrogen-bond acceptors (Lipinski definition) is 4. The van der Waals surface area contributed by atoms with Crippen molar-refractivity contribution in [3.05, 3.63) is 59.7 Å². The summed E-state index contributed by atoms with van der Waals surface area (Å²) in [6.45, 7) is 3.06. The first-order valence-electron chi connectivity index (χ1n) is 9.06. The maximum absolute atomic E-state index is 12.8. The van der Waals surface area contributed by atoms with Crippen molar-refractivity contribution in [3.8, 4) is 5.75 Å². The summed E-state index contributed by atoms with van der Waals surface area (Å²) in [7, 11) is 0. The predicted molar refractivity (Wildman–Crippen MR) is 105 cm³/mol. The molecule has 1 saturated heterocycles. The van der Waals surface area contributed by atoms with Gasteiger partial charge in [-0.1, -0.05) is 36.4 Å². The highest BCUT2D eigenvalue weighted by molar-refractivity contribution is 6.10. The van der Waals surface area contributed by atoms with E-state index in [2.05, 4.69) is 10.6 Å². The van der Waals surface area contributed by atoms with Crippen LogP contribution in [0.1, 0.15) is 24.5 Å². The van der Waals surface area contributed by atoms with Crippen LogP contribution in [0.15, 0.2) is 48.5 Å². The number of carbonyl (C=O) groups is 3. The van der Waals surface area contributed by atoms with E-state index in [-0.39, 0.29) is 11.4 Å². The molecule has 1 fully saturated rings. The second kappa shape index (κ2) is 7.72. The quantitative estimate of drug-likeness (QED) is 0.529. The predicted octanol–water partition coefficient (Wildman–Crippen LogP) is 2.58. The minimum atomic E-state index is -1.06. The Morgan fingerprint density at radius 1 is 1.18 bits per heavy atom. The summed E-state index contributed by atoms with van der Waals surface area (Å²) in [5.74, 6) is -1.06. The zero-order chi connectivity index (χ0) is 20.3. The maximum Gasteiger partial charge on any atom is 0.325 e. The van der Waals surface area contributed by atoms with Crippen LogP contribution in [0.5, 0.6) is 5.75 Å². The Bertz CT molecular complexity index is 913. The molecule has 1 aliphatic heterocycles. The molecule has 0 bridgehead atoms. The largest absolute Gasteiger partial charge is 0.506 e. The molecule has 3 rings (SSSR count). The van der Waals surface area contributed by atoms with Crippen LogP contribution in [-0.2, 0) is 16.0 Å². The van der Waals surface area contributed by atoms with E-state index in [0.717, 1.165) is 16.0 Å². The fourth-order valence-corrected chi connectivity index (χ4v) is 3.18. The first-order valence-corrected chi connectivity index (χ1v) is 9.06. The second-order valence-corrected chi connectivity index (χ2v) is 7.21. The molecule has 1 heterocycles. The third-order valence-electron chi connectivity index (χ3n) is 4.83. The maximum atomic E-state index is 12.8.